The van der Waals surface area contributed by atoms with E-state index in [-0.39, 0.29) is 11.3 Å². The number of ether oxygens (including phenoxy) is 1. The quantitative estimate of drug-likeness (QED) is 0.783. The minimum absolute atomic E-state index is 0.198. The van der Waals surface area contributed by atoms with E-state index < -0.39 is 10.0 Å². The number of likely N-dealkylation sites (N-methyl/N-ethyl adjacent to an activating group) is 1. The van der Waals surface area contributed by atoms with Gasteiger partial charge in [0.1, 0.15) is 0 Å². The molecule has 1 aliphatic carbocycles. The molecule has 0 aromatic heterocycles. The van der Waals surface area contributed by atoms with E-state index in [2.05, 4.69) is 17.3 Å². The lowest BCUT2D eigenvalue weighted by Gasteiger charge is -2.38. The molecule has 2 saturated heterocycles. The smallest absolute Gasteiger partial charge is 0.215 e. The van der Waals surface area contributed by atoms with Crippen molar-refractivity contribution in [3.63, 3.8) is 0 Å². The van der Waals surface area contributed by atoms with Crippen LogP contribution in [-0.2, 0) is 14.8 Å². The maximum absolute atomic E-state index is 12.4. The number of nitrogens with zero attached hydrogens (tertiary/aromatic N) is 2. The molecular weight excluding hydrogens is 302 g/mol. The van der Waals surface area contributed by atoms with Gasteiger partial charge in [-0.15, -0.1) is 0 Å². The lowest BCUT2D eigenvalue weighted by molar-refractivity contribution is 0.0730. The van der Waals surface area contributed by atoms with Crippen LogP contribution in [0.1, 0.15) is 32.1 Å². The molecular formula is C15H29N3O3S. The Morgan fingerprint density at radius 3 is 2.55 bits per heavy atom. The maximum Gasteiger partial charge on any atom is 0.215 e. The van der Waals surface area contributed by atoms with Gasteiger partial charge in [0.25, 0.3) is 0 Å². The van der Waals surface area contributed by atoms with Crippen molar-refractivity contribution in [2.45, 2.75) is 43.7 Å². The molecule has 0 radical (unpaired) electrons. The molecule has 1 spiro atoms. The summed E-state index contributed by atoms with van der Waals surface area (Å²) in [4.78, 5) is 2.49. The van der Waals surface area contributed by atoms with Crippen molar-refractivity contribution in [3.8, 4) is 0 Å². The van der Waals surface area contributed by atoms with Crippen LogP contribution in [0, 0.1) is 0 Å². The Labute approximate surface area is 134 Å². The molecule has 7 heteroatoms. The van der Waals surface area contributed by atoms with Crippen LogP contribution in [0.4, 0.5) is 0 Å². The van der Waals surface area contributed by atoms with Gasteiger partial charge in [-0.25, -0.2) is 8.42 Å². The van der Waals surface area contributed by atoms with Crippen LogP contribution in [0.15, 0.2) is 0 Å². The van der Waals surface area contributed by atoms with Crippen molar-refractivity contribution in [1.82, 2.24) is 14.5 Å². The molecule has 1 saturated carbocycles. The molecule has 1 N–H and O–H groups in total. The van der Waals surface area contributed by atoms with Crippen LogP contribution in [-0.4, -0.2) is 81.4 Å². The predicted octanol–water partition coefficient (Wildman–Crippen LogP) is 0.255. The minimum atomic E-state index is -3.15. The summed E-state index contributed by atoms with van der Waals surface area (Å²) < 4.78 is 31.5. The van der Waals surface area contributed by atoms with Gasteiger partial charge in [0, 0.05) is 31.2 Å². The number of hydrogen-bond donors (Lipinski definition) is 1. The standard InChI is InChI=1S/C15H29N3O3S/c1-17-8-4-14(15(17)5-2-3-6-15)16-7-13-22(19,20)18-9-11-21-12-10-18/h14,16H,2-13H2,1H3. The van der Waals surface area contributed by atoms with Crippen LogP contribution >= 0.6 is 0 Å². The number of sulfonamides is 1. The molecule has 1 atom stereocenters. The first-order valence-corrected chi connectivity index (χ1v) is 10.2. The summed E-state index contributed by atoms with van der Waals surface area (Å²) in [5.41, 5.74) is 0.280. The van der Waals surface area contributed by atoms with Gasteiger partial charge in [-0.1, -0.05) is 12.8 Å². The van der Waals surface area contributed by atoms with Gasteiger partial charge in [0.2, 0.25) is 10.0 Å². The second-order valence-electron chi connectivity index (χ2n) is 6.86. The number of likely N-dealkylation sites (tertiary alicyclic amines) is 1. The molecule has 3 fully saturated rings. The number of nitrogens with one attached hydrogen (secondary N) is 1. The molecule has 3 aliphatic rings. The van der Waals surface area contributed by atoms with Gasteiger partial charge in [-0.2, -0.15) is 4.31 Å². The van der Waals surface area contributed by atoms with Crippen LogP contribution in [0.25, 0.3) is 0 Å². The average Bonchev–Trinajstić information content (AvgIpc) is 3.12. The minimum Gasteiger partial charge on any atom is -0.379 e. The Morgan fingerprint density at radius 2 is 1.86 bits per heavy atom. The summed E-state index contributed by atoms with van der Waals surface area (Å²) in [6.45, 7) is 3.71. The Hall–Kier alpha value is -0.210. The molecule has 1 unspecified atom stereocenters. The van der Waals surface area contributed by atoms with E-state index >= 15 is 0 Å². The summed E-state index contributed by atoms with van der Waals surface area (Å²) in [5.74, 6) is 0.198. The van der Waals surface area contributed by atoms with Crippen LogP contribution in [0.2, 0.25) is 0 Å². The van der Waals surface area contributed by atoms with Crippen molar-refractivity contribution in [3.05, 3.63) is 0 Å². The normalized spacial score (nSPS) is 30.3. The first-order chi connectivity index (χ1) is 10.5. The number of morpholine rings is 1. The summed E-state index contributed by atoms with van der Waals surface area (Å²) in [6.07, 6.45) is 6.23. The third-order valence-corrected chi connectivity index (χ3v) is 7.62. The molecule has 2 heterocycles. The van der Waals surface area contributed by atoms with Crippen molar-refractivity contribution >= 4 is 10.0 Å². The zero-order chi connectivity index (χ0) is 15.6. The lowest BCUT2D eigenvalue weighted by Crippen LogP contribution is -2.53. The predicted molar refractivity (Wildman–Crippen MR) is 86.4 cm³/mol. The van der Waals surface area contributed by atoms with Crippen LogP contribution < -0.4 is 5.32 Å². The molecule has 3 rings (SSSR count). The van der Waals surface area contributed by atoms with Crippen molar-refractivity contribution in [1.29, 1.82) is 0 Å². The first kappa shape index (κ1) is 16.6. The van der Waals surface area contributed by atoms with E-state index in [0.717, 1.165) is 13.0 Å². The van der Waals surface area contributed by atoms with Crippen molar-refractivity contribution in [2.24, 2.45) is 0 Å². The van der Waals surface area contributed by atoms with E-state index in [9.17, 15) is 8.42 Å². The largest absolute Gasteiger partial charge is 0.379 e. The van der Waals surface area contributed by atoms with Gasteiger partial charge in [-0.3, -0.25) is 4.90 Å². The van der Waals surface area contributed by atoms with Crippen LogP contribution in [0.5, 0.6) is 0 Å². The second-order valence-corrected chi connectivity index (χ2v) is 8.94. The highest BCUT2D eigenvalue weighted by Gasteiger charge is 2.48. The zero-order valence-electron chi connectivity index (χ0n) is 13.6. The highest BCUT2D eigenvalue weighted by atomic mass is 32.2. The summed E-state index contributed by atoms with van der Waals surface area (Å²) in [5, 5.41) is 3.56. The van der Waals surface area contributed by atoms with Gasteiger partial charge in [0.05, 0.1) is 19.0 Å². The molecule has 0 aromatic carbocycles. The van der Waals surface area contributed by atoms with Crippen molar-refractivity contribution in [2.75, 3.05) is 52.2 Å². The fourth-order valence-corrected chi connectivity index (χ4v) is 5.74. The van der Waals surface area contributed by atoms with Gasteiger partial charge in [0.15, 0.2) is 0 Å². The highest BCUT2D eigenvalue weighted by Crippen LogP contribution is 2.42. The zero-order valence-corrected chi connectivity index (χ0v) is 14.4. The van der Waals surface area contributed by atoms with Crippen molar-refractivity contribution < 1.29 is 13.2 Å². The van der Waals surface area contributed by atoms with Gasteiger partial charge < -0.3 is 10.1 Å². The maximum atomic E-state index is 12.4. The first-order valence-electron chi connectivity index (χ1n) is 8.55. The second kappa shape index (κ2) is 6.73. The van der Waals surface area contributed by atoms with E-state index in [1.807, 2.05) is 0 Å². The highest BCUT2D eigenvalue weighted by molar-refractivity contribution is 7.89. The number of hydrogen-bond acceptors (Lipinski definition) is 5. The fourth-order valence-electron chi connectivity index (χ4n) is 4.41. The van der Waals surface area contributed by atoms with E-state index in [1.165, 1.54) is 25.7 Å². The Balaban J connectivity index is 1.52. The third-order valence-electron chi connectivity index (χ3n) is 5.75. The lowest BCUT2D eigenvalue weighted by atomic mass is 9.89. The Kier molecular flexibility index (Phi) is 5.09. The van der Waals surface area contributed by atoms with Gasteiger partial charge >= 0.3 is 0 Å². The Bertz CT molecular complexity index is 470. The Morgan fingerprint density at radius 1 is 1.18 bits per heavy atom. The molecule has 0 aromatic rings. The summed E-state index contributed by atoms with van der Waals surface area (Å²) >= 11 is 0. The molecule has 6 nitrogen and oxygen atoms in total. The number of rotatable bonds is 5. The molecule has 22 heavy (non-hydrogen) atoms. The summed E-state index contributed by atoms with van der Waals surface area (Å²) in [6, 6.07) is 0.444. The molecule has 128 valence electrons. The summed E-state index contributed by atoms with van der Waals surface area (Å²) in [7, 11) is -0.927. The topological polar surface area (TPSA) is 61.9 Å². The van der Waals surface area contributed by atoms with Crippen LogP contribution in [0.3, 0.4) is 0 Å². The average molecular weight is 331 g/mol. The van der Waals surface area contributed by atoms with E-state index in [1.54, 1.807) is 4.31 Å². The molecule has 2 aliphatic heterocycles. The van der Waals surface area contributed by atoms with E-state index in [4.69, 9.17) is 4.74 Å². The fraction of sp³-hybridized carbons (Fsp3) is 1.00. The third kappa shape index (κ3) is 3.19. The van der Waals surface area contributed by atoms with E-state index in [0.29, 0.717) is 38.9 Å². The monoisotopic (exact) mass is 331 g/mol. The molecule has 0 amide bonds. The molecule has 0 bridgehead atoms. The van der Waals surface area contributed by atoms with Gasteiger partial charge in [-0.05, 0) is 32.9 Å². The SMILES string of the molecule is CN1CCC(NCCS(=O)(=O)N2CCOCC2)C12CCCC2.